The van der Waals surface area contributed by atoms with Crippen LogP contribution in [-0.4, -0.2) is 15.9 Å². The molecule has 174 valence electrons. The molecule has 0 saturated carbocycles. The Morgan fingerprint density at radius 3 is 2.53 bits per heavy atom. The van der Waals surface area contributed by atoms with Crippen LogP contribution in [0.1, 0.15) is 62.4 Å². The quantitative estimate of drug-likeness (QED) is 0.312. The second-order valence-corrected chi connectivity index (χ2v) is 10.0. The molecule has 6 nitrogen and oxygen atoms in total. The Hall–Kier alpha value is -3.16. The topological polar surface area (TPSA) is 80.0 Å². The van der Waals surface area contributed by atoms with Crippen LogP contribution >= 0.6 is 22.9 Å². The fraction of sp³-hybridized carbons (Fsp3) is 0.269. The van der Waals surface area contributed by atoms with Gasteiger partial charge in [-0.1, -0.05) is 23.7 Å². The smallest absolute Gasteiger partial charge is 0.291 e. The molecule has 1 aromatic carbocycles. The van der Waals surface area contributed by atoms with Gasteiger partial charge in [-0.05, 0) is 81.0 Å². The van der Waals surface area contributed by atoms with Gasteiger partial charge in [-0.15, -0.1) is 11.3 Å². The number of furan rings is 1. The van der Waals surface area contributed by atoms with Crippen molar-refractivity contribution in [2.75, 3.05) is 10.6 Å². The van der Waals surface area contributed by atoms with Gasteiger partial charge < -0.3 is 15.1 Å². The molecule has 0 radical (unpaired) electrons. The van der Waals surface area contributed by atoms with E-state index in [1.807, 2.05) is 44.2 Å². The minimum Gasteiger partial charge on any atom is -0.459 e. The summed E-state index contributed by atoms with van der Waals surface area (Å²) in [6.45, 7) is 3.91. The van der Waals surface area contributed by atoms with Crippen LogP contribution in [0.5, 0.6) is 0 Å². The predicted molar refractivity (Wildman–Crippen MR) is 136 cm³/mol. The summed E-state index contributed by atoms with van der Waals surface area (Å²) in [5, 5.41) is 8.18. The van der Waals surface area contributed by atoms with E-state index in [0.717, 1.165) is 53.2 Å². The lowest BCUT2D eigenvalue weighted by Crippen LogP contribution is -2.19. The van der Waals surface area contributed by atoms with Gasteiger partial charge in [-0.25, -0.2) is 9.97 Å². The third-order valence-electron chi connectivity index (χ3n) is 5.93. The van der Waals surface area contributed by atoms with Gasteiger partial charge in [0.25, 0.3) is 5.91 Å². The van der Waals surface area contributed by atoms with E-state index < -0.39 is 0 Å². The van der Waals surface area contributed by atoms with Crippen LogP contribution in [0.4, 0.5) is 10.9 Å². The molecule has 5 rings (SSSR count). The Morgan fingerprint density at radius 2 is 1.82 bits per heavy atom. The molecule has 0 spiro atoms. The number of aromatic nitrogens is 2. The highest BCUT2D eigenvalue weighted by molar-refractivity contribution is 7.16. The van der Waals surface area contributed by atoms with Crippen LogP contribution in [0.15, 0.2) is 53.1 Å². The third-order valence-corrected chi connectivity index (χ3v) is 7.41. The zero-order chi connectivity index (χ0) is 23.7. The maximum absolute atomic E-state index is 12.9. The number of rotatable bonds is 6. The monoisotopic (exact) mass is 492 g/mol. The summed E-state index contributed by atoms with van der Waals surface area (Å²) in [6.07, 6.45) is 5.76. The Kier molecular flexibility index (Phi) is 6.39. The number of carbonyl (C=O) groups excluding carboxylic acids is 1. The van der Waals surface area contributed by atoms with E-state index in [-0.39, 0.29) is 17.7 Å². The van der Waals surface area contributed by atoms with Gasteiger partial charge in [0, 0.05) is 26.9 Å². The Morgan fingerprint density at radius 1 is 1.09 bits per heavy atom. The second kappa shape index (κ2) is 9.60. The number of nitrogens with one attached hydrogen (secondary N) is 2. The van der Waals surface area contributed by atoms with Gasteiger partial charge in [-0.3, -0.25) is 4.79 Å². The molecule has 34 heavy (non-hydrogen) atoms. The van der Waals surface area contributed by atoms with Crippen molar-refractivity contribution in [3.63, 3.8) is 0 Å². The highest BCUT2D eigenvalue weighted by Gasteiger charge is 2.29. The molecular formula is C26H25ClN4O2S. The molecule has 4 aromatic rings. The first-order valence-corrected chi connectivity index (χ1v) is 12.5. The number of anilines is 2. The number of thiophene rings is 1. The van der Waals surface area contributed by atoms with E-state index in [0.29, 0.717) is 11.0 Å². The van der Waals surface area contributed by atoms with Gasteiger partial charge in [0.1, 0.15) is 5.00 Å². The molecule has 1 amide bonds. The molecule has 1 unspecified atom stereocenters. The summed E-state index contributed by atoms with van der Waals surface area (Å²) < 4.78 is 5.33. The van der Waals surface area contributed by atoms with Crippen molar-refractivity contribution in [1.29, 1.82) is 0 Å². The third kappa shape index (κ3) is 4.72. The van der Waals surface area contributed by atoms with Gasteiger partial charge in [-0.2, -0.15) is 0 Å². The summed E-state index contributed by atoms with van der Waals surface area (Å²) in [5.41, 5.74) is 5.16. The molecular weight excluding hydrogens is 468 g/mol. The van der Waals surface area contributed by atoms with Crippen LogP contribution < -0.4 is 10.6 Å². The van der Waals surface area contributed by atoms with Crippen molar-refractivity contribution in [2.45, 2.75) is 45.6 Å². The normalized spacial score (nSPS) is 13.9. The molecule has 0 saturated heterocycles. The molecule has 3 aromatic heterocycles. The number of carbonyl (C=O) groups is 1. The van der Waals surface area contributed by atoms with Crippen molar-refractivity contribution in [3.05, 3.63) is 92.5 Å². The molecule has 0 bridgehead atoms. The SMILES string of the molecule is Cc1cc(C)nc(NC(c2ccc(Cl)cc2)c2c(NC(=O)c3ccco3)sc3c2CCCC3)n1. The molecule has 0 aliphatic heterocycles. The molecule has 1 aliphatic carbocycles. The van der Waals surface area contributed by atoms with Crippen LogP contribution in [0.25, 0.3) is 0 Å². The lowest BCUT2D eigenvalue weighted by Gasteiger charge is -2.24. The first-order chi connectivity index (χ1) is 16.5. The number of halogens is 1. The molecule has 1 atom stereocenters. The first kappa shape index (κ1) is 22.6. The van der Waals surface area contributed by atoms with E-state index in [9.17, 15) is 4.79 Å². The summed E-state index contributed by atoms with van der Waals surface area (Å²) in [6, 6.07) is 12.8. The van der Waals surface area contributed by atoms with E-state index >= 15 is 0 Å². The van der Waals surface area contributed by atoms with Crippen LogP contribution in [-0.2, 0) is 12.8 Å². The zero-order valence-electron chi connectivity index (χ0n) is 19.0. The highest BCUT2D eigenvalue weighted by Crippen LogP contribution is 2.44. The second-order valence-electron chi connectivity index (χ2n) is 8.49. The van der Waals surface area contributed by atoms with E-state index in [2.05, 4.69) is 20.6 Å². The average molecular weight is 493 g/mol. The van der Waals surface area contributed by atoms with Crippen molar-refractivity contribution in [3.8, 4) is 0 Å². The Labute approximate surface area is 207 Å². The van der Waals surface area contributed by atoms with Gasteiger partial charge in [0.2, 0.25) is 5.95 Å². The number of nitrogens with zero attached hydrogens (tertiary/aromatic N) is 2. The first-order valence-electron chi connectivity index (χ1n) is 11.3. The number of aryl methyl sites for hydroxylation is 3. The maximum atomic E-state index is 12.9. The van der Waals surface area contributed by atoms with Crippen molar-refractivity contribution < 1.29 is 9.21 Å². The minimum atomic E-state index is -0.262. The summed E-state index contributed by atoms with van der Waals surface area (Å²) in [7, 11) is 0. The largest absolute Gasteiger partial charge is 0.459 e. The zero-order valence-corrected chi connectivity index (χ0v) is 20.6. The molecule has 8 heteroatoms. The van der Waals surface area contributed by atoms with Crippen molar-refractivity contribution in [1.82, 2.24) is 9.97 Å². The van der Waals surface area contributed by atoms with E-state index in [4.69, 9.17) is 16.0 Å². The number of hydrogen-bond donors (Lipinski definition) is 2. The number of benzene rings is 1. The molecule has 0 fully saturated rings. The summed E-state index contributed by atoms with van der Waals surface area (Å²) >= 11 is 7.86. The van der Waals surface area contributed by atoms with Crippen LogP contribution in [0, 0.1) is 13.8 Å². The maximum Gasteiger partial charge on any atom is 0.291 e. The fourth-order valence-corrected chi connectivity index (χ4v) is 5.91. The van der Waals surface area contributed by atoms with Gasteiger partial charge >= 0.3 is 0 Å². The molecule has 2 N–H and O–H groups in total. The predicted octanol–water partition coefficient (Wildman–Crippen LogP) is 6.73. The molecule has 3 heterocycles. The van der Waals surface area contributed by atoms with Crippen LogP contribution in [0.2, 0.25) is 5.02 Å². The fourth-order valence-electron chi connectivity index (χ4n) is 4.46. The lowest BCUT2D eigenvalue weighted by atomic mass is 9.89. The van der Waals surface area contributed by atoms with E-state index in [1.165, 1.54) is 16.7 Å². The number of fused-ring (bicyclic) bond motifs is 1. The minimum absolute atomic E-state index is 0.261. The number of amides is 1. The van der Waals surface area contributed by atoms with Crippen LogP contribution in [0.3, 0.4) is 0 Å². The summed E-state index contributed by atoms with van der Waals surface area (Å²) in [5.74, 6) is 0.574. The average Bonchev–Trinajstić information content (AvgIpc) is 3.46. The van der Waals surface area contributed by atoms with Crippen molar-refractivity contribution in [2.24, 2.45) is 0 Å². The Balaban J connectivity index is 1.62. The molecule has 1 aliphatic rings. The van der Waals surface area contributed by atoms with E-state index in [1.54, 1.807) is 23.5 Å². The number of hydrogen-bond acceptors (Lipinski definition) is 6. The lowest BCUT2D eigenvalue weighted by molar-refractivity contribution is 0.0997. The Bertz CT molecular complexity index is 1300. The standard InChI is InChI=1S/C26H25ClN4O2S/c1-15-14-16(2)29-26(28-15)30-23(17-9-11-18(27)12-10-17)22-19-6-3-4-8-21(19)34-25(22)31-24(32)20-7-5-13-33-20/h5,7,9-14,23H,3-4,6,8H2,1-2H3,(H,31,32)(H,28,29,30). The van der Waals surface area contributed by atoms with Crippen molar-refractivity contribution >= 4 is 39.8 Å². The highest BCUT2D eigenvalue weighted by atomic mass is 35.5. The van der Waals surface area contributed by atoms with Gasteiger partial charge in [0.05, 0.1) is 12.3 Å². The van der Waals surface area contributed by atoms with Gasteiger partial charge in [0.15, 0.2) is 5.76 Å². The summed E-state index contributed by atoms with van der Waals surface area (Å²) in [4.78, 5) is 23.5.